The Morgan fingerprint density at radius 3 is 3.06 bits per heavy atom. The Morgan fingerprint density at radius 1 is 1.41 bits per heavy atom. The summed E-state index contributed by atoms with van der Waals surface area (Å²) in [6.45, 7) is 1.98. The van der Waals surface area contributed by atoms with Crippen molar-refractivity contribution in [1.29, 1.82) is 0 Å². The van der Waals surface area contributed by atoms with Crippen LogP contribution in [0.4, 0.5) is 5.00 Å². The lowest BCUT2D eigenvalue weighted by molar-refractivity contribution is 1.26. The molecular weight excluding hydrogens is 234 g/mol. The number of aromatic amines is 1. The van der Waals surface area contributed by atoms with E-state index in [4.69, 9.17) is 0 Å². The van der Waals surface area contributed by atoms with E-state index in [1.165, 1.54) is 11.5 Å². The van der Waals surface area contributed by atoms with Gasteiger partial charge in [0.05, 0.1) is 16.8 Å². The number of aromatic nitrogens is 4. The molecule has 0 atom stereocenters. The maximum absolute atomic E-state index is 4.48. The van der Waals surface area contributed by atoms with E-state index in [1.807, 2.05) is 26.1 Å². The van der Waals surface area contributed by atoms with Crippen molar-refractivity contribution < 1.29 is 0 Å². The van der Waals surface area contributed by atoms with Gasteiger partial charge in [0.15, 0.2) is 5.65 Å². The van der Waals surface area contributed by atoms with Crippen molar-refractivity contribution in [3.8, 4) is 11.4 Å². The second-order valence-corrected chi connectivity index (χ2v) is 4.46. The minimum atomic E-state index is 0.732. The number of anilines is 1. The maximum atomic E-state index is 4.48. The lowest BCUT2D eigenvalue weighted by Gasteiger charge is -1.98. The molecule has 17 heavy (non-hydrogen) atoms. The first-order valence-electron chi connectivity index (χ1n) is 5.24. The molecule has 86 valence electrons. The van der Waals surface area contributed by atoms with E-state index >= 15 is 0 Å². The zero-order valence-corrected chi connectivity index (χ0v) is 10.3. The summed E-state index contributed by atoms with van der Waals surface area (Å²) in [5, 5.41) is 4.15. The highest BCUT2D eigenvalue weighted by atomic mass is 32.1. The van der Waals surface area contributed by atoms with Gasteiger partial charge in [-0.05, 0) is 30.6 Å². The molecule has 0 aliphatic heterocycles. The van der Waals surface area contributed by atoms with Gasteiger partial charge in [0.1, 0.15) is 10.8 Å². The third-order valence-corrected chi connectivity index (χ3v) is 3.54. The fourth-order valence-electron chi connectivity index (χ4n) is 1.78. The van der Waals surface area contributed by atoms with Gasteiger partial charge < -0.3 is 10.3 Å². The van der Waals surface area contributed by atoms with Gasteiger partial charge in [0, 0.05) is 13.2 Å². The van der Waals surface area contributed by atoms with Crippen molar-refractivity contribution in [2.24, 2.45) is 0 Å². The van der Waals surface area contributed by atoms with Crippen molar-refractivity contribution in [1.82, 2.24) is 19.3 Å². The molecule has 0 radical (unpaired) electrons. The molecule has 0 bridgehead atoms. The molecule has 0 unspecified atom stereocenters. The number of rotatable bonds is 2. The number of imidazole rings is 1. The fourth-order valence-corrected chi connectivity index (χ4v) is 2.53. The Hall–Kier alpha value is -1.95. The molecule has 0 saturated heterocycles. The molecule has 3 aromatic rings. The molecule has 2 N–H and O–H groups in total. The van der Waals surface area contributed by atoms with Crippen LogP contribution in [0.25, 0.3) is 22.6 Å². The van der Waals surface area contributed by atoms with Crippen LogP contribution in [0.1, 0.15) is 5.69 Å². The summed E-state index contributed by atoms with van der Waals surface area (Å²) >= 11 is 1.44. The summed E-state index contributed by atoms with van der Waals surface area (Å²) in [6, 6.07) is 3.86. The van der Waals surface area contributed by atoms with E-state index in [2.05, 4.69) is 24.6 Å². The number of fused-ring (bicyclic) bond motifs is 1. The van der Waals surface area contributed by atoms with Gasteiger partial charge in [-0.15, -0.1) is 0 Å². The number of H-pyrrole nitrogens is 1. The van der Waals surface area contributed by atoms with E-state index < -0.39 is 0 Å². The number of nitrogens with zero attached hydrogens (tertiary/aromatic N) is 3. The van der Waals surface area contributed by atoms with Gasteiger partial charge in [0.2, 0.25) is 0 Å². The molecule has 3 rings (SSSR count). The Labute approximate surface area is 102 Å². The standard InChI is InChI=1S/C11H11N5S/c1-6-8(11(12-2)17-16-6)10-14-7-4-3-5-13-9(7)15-10/h3-5,12H,1-2H3,(H,13,14,15). The van der Waals surface area contributed by atoms with Crippen LogP contribution >= 0.6 is 11.5 Å². The van der Waals surface area contributed by atoms with Crippen LogP contribution < -0.4 is 5.32 Å². The van der Waals surface area contributed by atoms with Gasteiger partial charge in [-0.3, -0.25) is 0 Å². The first kappa shape index (κ1) is 10.2. The summed E-state index contributed by atoms with van der Waals surface area (Å²) in [4.78, 5) is 12.0. The van der Waals surface area contributed by atoms with Gasteiger partial charge >= 0.3 is 0 Å². The average Bonchev–Trinajstić information content (AvgIpc) is 2.91. The highest BCUT2D eigenvalue weighted by Gasteiger charge is 2.15. The Morgan fingerprint density at radius 2 is 2.29 bits per heavy atom. The first-order valence-corrected chi connectivity index (χ1v) is 6.02. The smallest absolute Gasteiger partial charge is 0.178 e. The highest BCUT2D eigenvalue weighted by Crippen LogP contribution is 2.33. The van der Waals surface area contributed by atoms with Crippen LogP contribution in [0.3, 0.4) is 0 Å². The van der Waals surface area contributed by atoms with E-state index in [9.17, 15) is 0 Å². The monoisotopic (exact) mass is 245 g/mol. The molecule has 0 saturated carbocycles. The van der Waals surface area contributed by atoms with Crippen LogP contribution in [0.15, 0.2) is 18.3 Å². The summed E-state index contributed by atoms with van der Waals surface area (Å²) in [5.74, 6) is 0.814. The first-order chi connectivity index (χ1) is 8.29. The molecule has 5 nitrogen and oxygen atoms in total. The van der Waals surface area contributed by atoms with E-state index in [0.29, 0.717) is 0 Å². The molecule has 0 fully saturated rings. The second kappa shape index (κ2) is 3.81. The minimum absolute atomic E-state index is 0.732. The maximum Gasteiger partial charge on any atom is 0.178 e. The molecule has 6 heteroatoms. The SMILES string of the molecule is CNc1snc(C)c1-c1nc2ncccc2[nH]1. The Kier molecular flexibility index (Phi) is 2.29. The second-order valence-electron chi connectivity index (χ2n) is 3.68. The zero-order chi connectivity index (χ0) is 11.8. The number of aryl methyl sites for hydroxylation is 1. The molecule has 0 spiro atoms. The van der Waals surface area contributed by atoms with Crippen molar-refractivity contribution in [3.05, 3.63) is 24.0 Å². The van der Waals surface area contributed by atoms with Crippen LogP contribution in [0.5, 0.6) is 0 Å². The quantitative estimate of drug-likeness (QED) is 0.727. The molecule has 0 aliphatic rings. The van der Waals surface area contributed by atoms with Crippen molar-refractivity contribution in [2.45, 2.75) is 6.92 Å². The molecule has 3 aromatic heterocycles. The number of pyridine rings is 1. The third-order valence-electron chi connectivity index (χ3n) is 2.58. The summed E-state index contributed by atoms with van der Waals surface area (Å²) in [7, 11) is 1.89. The van der Waals surface area contributed by atoms with Crippen LogP contribution in [0, 0.1) is 6.92 Å². The topological polar surface area (TPSA) is 66.5 Å². The van der Waals surface area contributed by atoms with Crippen LogP contribution in [-0.4, -0.2) is 26.4 Å². The van der Waals surface area contributed by atoms with Gasteiger partial charge in [0.25, 0.3) is 0 Å². The lowest BCUT2D eigenvalue weighted by atomic mass is 10.2. The normalized spacial score (nSPS) is 10.9. The van der Waals surface area contributed by atoms with E-state index in [1.54, 1.807) is 6.20 Å². The number of hydrogen-bond acceptors (Lipinski definition) is 5. The lowest BCUT2D eigenvalue weighted by Crippen LogP contribution is -1.89. The Balaban J connectivity index is 2.23. The predicted octanol–water partition coefficient (Wildman–Crippen LogP) is 2.43. The van der Waals surface area contributed by atoms with Crippen LogP contribution in [0.2, 0.25) is 0 Å². The average molecular weight is 245 g/mol. The molecular formula is C11H11N5S. The number of nitrogens with one attached hydrogen (secondary N) is 2. The Bertz CT molecular complexity index is 636. The summed E-state index contributed by atoms with van der Waals surface area (Å²) < 4.78 is 4.33. The van der Waals surface area contributed by atoms with Crippen molar-refractivity contribution >= 4 is 27.7 Å². The van der Waals surface area contributed by atoms with Crippen molar-refractivity contribution in [2.75, 3.05) is 12.4 Å². The third kappa shape index (κ3) is 1.57. The van der Waals surface area contributed by atoms with Crippen LogP contribution in [-0.2, 0) is 0 Å². The van der Waals surface area contributed by atoms with E-state index in [-0.39, 0.29) is 0 Å². The van der Waals surface area contributed by atoms with Gasteiger partial charge in [-0.2, -0.15) is 4.37 Å². The van der Waals surface area contributed by atoms with E-state index in [0.717, 1.165) is 33.2 Å². The molecule has 0 aliphatic carbocycles. The number of hydrogen-bond donors (Lipinski definition) is 2. The van der Waals surface area contributed by atoms with Crippen molar-refractivity contribution in [3.63, 3.8) is 0 Å². The summed E-state index contributed by atoms with van der Waals surface area (Å²) in [6.07, 6.45) is 1.74. The fraction of sp³-hybridized carbons (Fsp3) is 0.182. The van der Waals surface area contributed by atoms with Gasteiger partial charge in [-0.1, -0.05) is 0 Å². The highest BCUT2D eigenvalue weighted by molar-refractivity contribution is 7.10. The largest absolute Gasteiger partial charge is 0.378 e. The molecule has 3 heterocycles. The summed E-state index contributed by atoms with van der Waals surface area (Å²) in [5.41, 5.74) is 3.67. The predicted molar refractivity (Wildman–Crippen MR) is 69.3 cm³/mol. The molecule has 0 aromatic carbocycles. The molecule has 0 amide bonds. The van der Waals surface area contributed by atoms with Gasteiger partial charge in [-0.25, -0.2) is 9.97 Å². The zero-order valence-electron chi connectivity index (χ0n) is 9.48. The minimum Gasteiger partial charge on any atom is -0.378 e.